The number of aliphatic hydroxyl groups is 1. The molecule has 3 nitrogen and oxygen atoms in total. The minimum absolute atomic E-state index is 0.197. The van der Waals surface area contributed by atoms with Crippen LogP contribution in [-0.2, 0) is 0 Å². The number of unbranched alkanes of at least 4 members (excludes halogenated alkanes) is 1. The van der Waals surface area contributed by atoms with E-state index < -0.39 is 0 Å². The molecule has 0 aromatic heterocycles. The van der Waals surface area contributed by atoms with Crippen LogP contribution in [0.2, 0.25) is 0 Å². The highest BCUT2D eigenvalue weighted by Gasteiger charge is 2.06. The van der Waals surface area contributed by atoms with Gasteiger partial charge in [-0.2, -0.15) is 0 Å². The summed E-state index contributed by atoms with van der Waals surface area (Å²) in [5, 5.41) is 11.8. The van der Waals surface area contributed by atoms with Gasteiger partial charge in [-0.15, -0.1) is 0 Å². The van der Waals surface area contributed by atoms with Crippen LogP contribution in [0, 0.1) is 13.8 Å². The number of hydrogen-bond donors (Lipinski definition) is 2. The lowest BCUT2D eigenvalue weighted by Crippen LogP contribution is -2.19. The predicted octanol–water partition coefficient (Wildman–Crippen LogP) is 3.71. The van der Waals surface area contributed by atoms with E-state index in [2.05, 4.69) is 61.6 Å². The highest BCUT2D eigenvalue weighted by atomic mass is 16.5. The highest BCUT2D eigenvalue weighted by Crippen LogP contribution is 2.29. The van der Waals surface area contributed by atoms with E-state index >= 15 is 0 Å². The third-order valence-electron chi connectivity index (χ3n) is 3.94. The summed E-state index contributed by atoms with van der Waals surface area (Å²) in [4.78, 5) is 0. The Morgan fingerprint density at radius 3 is 2.43 bits per heavy atom. The fraction of sp³-hybridized carbons (Fsp3) is 0.400. The van der Waals surface area contributed by atoms with E-state index in [1.807, 2.05) is 0 Å². The molecule has 0 fully saturated rings. The molecule has 0 aliphatic rings. The van der Waals surface area contributed by atoms with Crippen LogP contribution in [0.25, 0.3) is 11.1 Å². The van der Waals surface area contributed by atoms with Crippen LogP contribution < -0.4 is 10.1 Å². The third kappa shape index (κ3) is 5.38. The molecule has 0 aliphatic heterocycles. The average molecular weight is 313 g/mol. The van der Waals surface area contributed by atoms with E-state index in [1.54, 1.807) is 0 Å². The first-order valence-electron chi connectivity index (χ1n) is 8.33. The molecular formula is C20H27NO2. The Hall–Kier alpha value is -1.84. The summed E-state index contributed by atoms with van der Waals surface area (Å²) in [5.41, 5.74) is 5.08. The van der Waals surface area contributed by atoms with Crippen molar-refractivity contribution in [1.29, 1.82) is 0 Å². The van der Waals surface area contributed by atoms with Crippen molar-refractivity contribution < 1.29 is 9.84 Å². The molecule has 0 aliphatic carbocycles. The fourth-order valence-corrected chi connectivity index (χ4v) is 2.65. The molecule has 0 spiro atoms. The Morgan fingerprint density at radius 1 is 0.913 bits per heavy atom. The van der Waals surface area contributed by atoms with Crippen molar-refractivity contribution in [1.82, 2.24) is 5.32 Å². The van der Waals surface area contributed by atoms with Crippen molar-refractivity contribution in [2.24, 2.45) is 0 Å². The quantitative estimate of drug-likeness (QED) is 0.693. The largest absolute Gasteiger partial charge is 0.494 e. The van der Waals surface area contributed by atoms with Gasteiger partial charge in [-0.05, 0) is 67.6 Å². The van der Waals surface area contributed by atoms with Crippen molar-refractivity contribution in [3.63, 3.8) is 0 Å². The maximum Gasteiger partial charge on any atom is 0.119 e. The zero-order valence-corrected chi connectivity index (χ0v) is 14.1. The number of aryl methyl sites for hydroxylation is 2. The predicted molar refractivity (Wildman–Crippen MR) is 96.0 cm³/mol. The molecule has 0 heterocycles. The van der Waals surface area contributed by atoms with E-state index in [4.69, 9.17) is 9.84 Å². The molecule has 124 valence electrons. The molecule has 2 aromatic rings. The molecule has 2 rings (SSSR count). The Morgan fingerprint density at radius 2 is 1.70 bits per heavy atom. The molecular weight excluding hydrogens is 286 g/mol. The number of benzene rings is 2. The van der Waals surface area contributed by atoms with Crippen LogP contribution in [-0.4, -0.2) is 31.4 Å². The summed E-state index contributed by atoms with van der Waals surface area (Å²) in [6, 6.07) is 14.8. The van der Waals surface area contributed by atoms with E-state index in [-0.39, 0.29) is 6.61 Å². The van der Waals surface area contributed by atoms with Gasteiger partial charge < -0.3 is 15.2 Å². The first-order valence-corrected chi connectivity index (χ1v) is 8.33. The fourth-order valence-electron chi connectivity index (χ4n) is 2.65. The standard InChI is InChI=1S/C20H27NO2/c1-16-7-3-4-8-19(16)20-10-9-18(15-17(20)2)23-14-6-5-11-21-12-13-22/h3-4,7-10,15,21-22H,5-6,11-14H2,1-2H3. The van der Waals surface area contributed by atoms with Crippen LogP contribution in [0.15, 0.2) is 42.5 Å². The van der Waals surface area contributed by atoms with Gasteiger partial charge in [-0.3, -0.25) is 0 Å². The van der Waals surface area contributed by atoms with Gasteiger partial charge in [0.15, 0.2) is 0 Å². The summed E-state index contributed by atoms with van der Waals surface area (Å²) in [5.74, 6) is 0.933. The molecule has 2 N–H and O–H groups in total. The third-order valence-corrected chi connectivity index (χ3v) is 3.94. The van der Waals surface area contributed by atoms with Crippen LogP contribution in [0.5, 0.6) is 5.75 Å². The van der Waals surface area contributed by atoms with Gasteiger partial charge >= 0.3 is 0 Å². The zero-order chi connectivity index (χ0) is 16.5. The van der Waals surface area contributed by atoms with Crippen molar-refractivity contribution in [2.45, 2.75) is 26.7 Å². The molecule has 0 atom stereocenters. The minimum atomic E-state index is 0.197. The van der Waals surface area contributed by atoms with Gasteiger partial charge in [0, 0.05) is 6.54 Å². The van der Waals surface area contributed by atoms with Crippen molar-refractivity contribution in [3.8, 4) is 16.9 Å². The second-order valence-electron chi connectivity index (χ2n) is 5.82. The summed E-state index contributed by atoms with van der Waals surface area (Å²) >= 11 is 0. The smallest absolute Gasteiger partial charge is 0.119 e. The van der Waals surface area contributed by atoms with Gasteiger partial charge in [-0.1, -0.05) is 30.3 Å². The van der Waals surface area contributed by atoms with Gasteiger partial charge in [0.05, 0.1) is 13.2 Å². The lowest BCUT2D eigenvalue weighted by atomic mass is 9.97. The maximum atomic E-state index is 8.68. The summed E-state index contributed by atoms with van der Waals surface area (Å²) in [6.07, 6.45) is 2.07. The molecule has 3 heteroatoms. The minimum Gasteiger partial charge on any atom is -0.494 e. The molecule has 0 saturated heterocycles. The lowest BCUT2D eigenvalue weighted by molar-refractivity contribution is 0.286. The summed E-state index contributed by atoms with van der Waals surface area (Å²) in [6.45, 7) is 6.79. The van der Waals surface area contributed by atoms with Crippen molar-refractivity contribution in [2.75, 3.05) is 26.3 Å². The van der Waals surface area contributed by atoms with E-state index in [0.717, 1.165) is 31.7 Å². The van der Waals surface area contributed by atoms with Crippen LogP contribution in [0.3, 0.4) is 0 Å². The topological polar surface area (TPSA) is 41.5 Å². The number of rotatable bonds is 9. The lowest BCUT2D eigenvalue weighted by Gasteiger charge is -2.12. The zero-order valence-electron chi connectivity index (χ0n) is 14.1. The highest BCUT2D eigenvalue weighted by molar-refractivity contribution is 5.71. The van der Waals surface area contributed by atoms with Gasteiger partial charge in [0.2, 0.25) is 0 Å². The van der Waals surface area contributed by atoms with Crippen LogP contribution in [0.4, 0.5) is 0 Å². The van der Waals surface area contributed by atoms with Crippen molar-refractivity contribution in [3.05, 3.63) is 53.6 Å². The van der Waals surface area contributed by atoms with E-state index in [0.29, 0.717) is 6.54 Å². The number of hydrogen-bond acceptors (Lipinski definition) is 3. The first-order chi connectivity index (χ1) is 11.2. The monoisotopic (exact) mass is 313 g/mol. The molecule has 0 amide bonds. The summed E-state index contributed by atoms with van der Waals surface area (Å²) < 4.78 is 5.84. The molecule has 0 saturated carbocycles. The van der Waals surface area contributed by atoms with Gasteiger partial charge in [0.25, 0.3) is 0 Å². The molecule has 0 radical (unpaired) electrons. The van der Waals surface area contributed by atoms with Crippen molar-refractivity contribution >= 4 is 0 Å². The molecule has 0 bridgehead atoms. The number of aliphatic hydroxyl groups excluding tert-OH is 1. The van der Waals surface area contributed by atoms with Gasteiger partial charge in [0.1, 0.15) is 5.75 Å². The second-order valence-corrected chi connectivity index (χ2v) is 5.82. The molecule has 0 unspecified atom stereocenters. The van der Waals surface area contributed by atoms with E-state index in [1.165, 1.54) is 22.3 Å². The normalized spacial score (nSPS) is 10.7. The number of nitrogens with one attached hydrogen (secondary N) is 1. The Bertz CT molecular complexity index is 610. The van der Waals surface area contributed by atoms with Crippen LogP contribution in [0.1, 0.15) is 24.0 Å². The van der Waals surface area contributed by atoms with Gasteiger partial charge in [-0.25, -0.2) is 0 Å². The van der Waals surface area contributed by atoms with E-state index in [9.17, 15) is 0 Å². The first kappa shape index (κ1) is 17.5. The Kier molecular flexibility index (Phi) is 7.11. The Labute approximate surface area is 139 Å². The molecule has 23 heavy (non-hydrogen) atoms. The summed E-state index contributed by atoms with van der Waals surface area (Å²) in [7, 11) is 0. The Balaban J connectivity index is 1.86. The maximum absolute atomic E-state index is 8.68. The average Bonchev–Trinajstić information content (AvgIpc) is 2.55. The van der Waals surface area contributed by atoms with Crippen LogP contribution >= 0.6 is 0 Å². The number of ether oxygens (including phenoxy) is 1. The SMILES string of the molecule is Cc1ccccc1-c1ccc(OCCCCNCCO)cc1C. The second kappa shape index (κ2) is 9.33. The molecule has 2 aromatic carbocycles.